The van der Waals surface area contributed by atoms with Gasteiger partial charge < -0.3 is 12.8 Å². The van der Waals surface area contributed by atoms with Gasteiger partial charge in [-0.3, -0.25) is 0 Å². The van der Waals surface area contributed by atoms with Gasteiger partial charge in [0, 0.05) is 0 Å². The molecule has 0 radical (unpaired) electrons. The second-order valence-electron chi connectivity index (χ2n) is 10.4. The first-order valence-corrected chi connectivity index (χ1v) is 18.4. The standard InChI is InChI=1S/C16H27.C9H17.2ClH.Zr/c1-12-10-14-8-5-9-15(16(14)11-12)13-6-3-2-4-7-13;1-6-5-7(2)9(4)8(6)3;;;/h10,12-16H,2-9,11H2,1H3;5-9H,1-4H3;2*1H;/q2*-1;;;+4/p-2. The number of hydrogen-bond acceptors (Lipinski definition) is 0. The first-order valence-electron chi connectivity index (χ1n) is 12.0. The van der Waals surface area contributed by atoms with Crippen molar-refractivity contribution >= 4 is 17.0 Å². The van der Waals surface area contributed by atoms with E-state index < -0.39 is 20.8 Å². The van der Waals surface area contributed by atoms with Crippen LogP contribution in [-0.4, -0.2) is 0 Å². The van der Waals surface area contributed by atoms with Crippen molar-refractivity contribution in [2.45, 2.75) is 92.4 Å². The van der Waals surface area contributed by atoms with Crippen molar-refractivity contribution < 1.29 is 20.8 Å². The van der Waals surface area contributed by atoms with E-state index in [1.54, 1.807) is 19.3 Å². The van der Waals surface area contributed by atoms with Crippen molar-refractivity contribution in [2.75, 3.05) is 0 Å². The van der Waals surface area contributed by atoms with Crippen molar-refractivity contribution in [3.63, 3.8) is 0 Å². The van der Waals surface area contributed by atoms with Gasteiger partial charge in [0.15, 0.2) is 0 Å². The Morgan fingerprint density at radius 1 is 0.679 bits per heavy atom. The van der Waals surface area contributed by atoms with Crippen molar-refractivity contribution in [2.24, 2.45) is 53.3 Å². The van der Waals surface area contributed by atoms with Gasteiger partial charge in [-0.25, -0.2) is 0 Å². The Balaban J connectivity index is 0.000000199. The van der Waals surface area contributed by atoms with E-state index in [2.05, 4.69) is 47.5 Å². The third kappa shape index (κ3) is 7.26. The Kier molecular flexibility index (Phi) is 12.0. The fraction of sp³-hybridized carbons (Fsp3) is 0.920. The molecule has 0 aromatic rings. The summed E-state index contributed by atoms with van der Waals surface area (Å²) in [5.74, 6) is 8.73. The van der Waals surface area contributed by atoms with Gasteiger partial charge >= 0.3 is 37.9 Å². The maximum absolute atomic E-state index is 4.93. The van der Waals surface area contributed by atoms with Gasteiger partial charge in [0.25, 0.3) is 0 Å². The first kappa shape index (κ1) is 25.7. The summed E-state index contributed by atoms with van der Waals surface area (Å²) in [6.45, 7) is 11.8. The van der Waals surface area contributed by atoms with E-state index in [9.17, 15) is 0 Å². The molecule has 0 heterocycles. The Morgan fingerprint density at radius 3 is 1.75 bits per heavy atom. The van der Waals surface area contributed by atoms with Crippen LogP contribution in [0.4, 0.5) is 0 Å². The molecule has 4 saturated carbocycles. The van der Waals surface area contributed by atoms with Crippen LogP contribution in [0.15, 0.2) is 0 Å². The van der Waals surface area contributed by atoms with Gasteiger partial charge in [-0.05, 0) is 11.8 Å². The molecular formula is C25H44Cl2Zr. The van der Waals surface area contributed by atoms with Crippen LogP contribution in [0, 0.1) is 66.1 Å². The number of fused-ring (bicyclic) bond motifs is 1. The molecule has 0 amide bonds. The molecule has 0 saturated heterocycles. The SMILES string of the molecule is CC1[CH-]C(C)C(C)C1C.CC1[CH-]C2CCCC(C3CCCCC3)C2C1.[Cl][Zr+2][Cl]. The molecule has 8 atom stereocenters. The zero-order chi connectivity index (χ0) is 20.7. The molecule has 4 fully saturated rings. The van der Waals surface area contributed by atoms with E-state index in [0.717, 1.165) is 53.3 Å². The Morgan fingerprint density at radius 2 is 1.25 bits per heavy atom. The molecule has 0 N–H and O–H groups in total. The molecular weight excluding hydrogens is 462 g/mol. The molecule has 3 heteroatoms. The monoisotopic (exact) mass is 504 g/mol. The van der Waals surface area contributed by atoms with E-state index in [-0.39, 0.29) is 0 Å². The van der Waals surface area contributed by atoms with Crippen molar-refractivity contribution in [3.05, 3.63) is 12.8 Å². The molecule has 162 valence electrons. The fourth-order valence-corrected chi connectivity index (χ4v) is 6.79. The molecule has 4 rings (SSSR count). The van der Waals surface area contributed by atoms with Crippen LogP contribution in [0.5, 0.6) is 0 Å². The Hall–Kier alpha value is 1.46. The first-order chi connectivity index (χ1) is 13.4. The molecule has 4 aliphatic rings. The van der Waals surface area contributed by atoms with E-state index in [4.69, 9.17) is 17.0 Å². The van der Waals surface area contributed by atoms with Crippen LogP contribution in [0.3, 0.4) is 0 Å². The van der Waals surface area contributed by atoms with Crippen molar-refractivity contribution in [3.8, 4) is 0 Å². The summed E-state index contributed by atoms with van der Waals surface area (Å²) in [6.07, 6.45) is 19.0. The summed E-state index contributed by atoms with van der Waals surface area (Å²) < 4.78 is 0. The topological polar surface area (TPSA) is 0 Å². The summed E-state index contributed by atoms with van der Waals surface area (Å²) >= 11 is -0.826. The summed E-state index contributed by atoms with van der Waals surface area (Å²) in [5.41, 5.74) is 0. The zero-order valence-corrected chi connectivity index (χ0v) is 22.9. The van der Waals surface area contributed by atoms with Gasteiger partial charge in [0.05, 0.1) is 0 Å². The van der Waals surface area contributed by atoms with Gasteiger partial charge in [0.1, 0.15) is 0 Å². The van der Waals surface area contributed by atoms with E-state index in [1.807, 2.05) is 0 Å². The second-order valence-corrected chi connectivity index (χ2v) is 14.2. The molecule has 0 aliphatic heterocycles. The third-order valence-electron chi connectivity index (χ3n) is 8.74. The Bertz CT molecular complexity index is 411. The van der Waals surface area contributed by atoms with Gasteiger partial charge in [0.2, 0.25) is 0 Å². The predicted molar refractivity (Wildman–Crippen MR) is 122 cm³/mol. The summed E-state index contributed by atoms with van der Waals surface area (Å²) in [4.78, 5) is 0. The second kappa shape index (κ2) is 13.1. The normalized spacial score (nSPS) is 43.1. The van der Waals surface area contributed by atoms with Gasteiger partial charge in [-0.15, -0.1) is 0 Å². The quantitative estimate of drug-likeness (QED) is 0.311. The molecule has 8 unspecified atom stereocenters. The third-order valence-corrected chi connectivity index (χ3v) is 8.74. The molecule has 0 spiro atoms. The molecule has 0 aromatic carbocycles. The Labute approximate surface area is 195 Å². The van der Waals surface area contributed by atoms with Crippen molar-refractivity contribution in [1.82, 2.24) is 0 Å². The van der Waals surface area contributed by atoms with Crippen LogP contribution in [0.2, 0.25) is 0 Å². The van der Waals surface area contributed by atoms with Gasteiger partial charge in [-0.1, -0.05) is 110 Å². The van der Waals surface area contributed by atoms with E-state index >= 15 is 0 Å². The molecule has 0 bridgehead atoms. The predicted octanol–water partition coefficient (Wildman–Crippen LogP) is 8.97. The maximum atomic E-state index is 4.93. The molecule has 0 aromatic heterocycles. The molecule has 4 aliphatic carbocycles. The zero-order valence-electron chi connectivity index (χ0n) is 19.0. The van der Waals surface area contributed by atoms with Crippen LogP contribution in [0.1, 0.15) is 92.4 Å². The summed E-state index contributed by atoms with van der Waals surface area (Å²) in [5, 5.41) is 0. The van der Waals surface area contributed by atoms with Gasteiger partial charge in [-0.2, -0.15) is 23.7 Å². The number of rotatable bonds is 1. The van der Waals surface area contributed by atoms with Crippen LogP contribution in [0.25, 0.3) is 0 Å². The van der Waals surface area contributed by atoms with E-state index in [0.29, 0.717) is 0 Å². The molecule has 0 nitrogen and oxygen atoms in total. The minimum absolute atomic E-state index is 0.826. The van der Waals surface area contributed by atoms with Crippen LogP contribution in [-0.2, 0) is 20.8 Å². The average Bonchev–Trinajstić information content (AvgIpc) is 3.17. The summed E-state index contributed by atoms with van der Waals surface area (Å²) in [6, 6.07) is 0. The molecule has 28 heavy (non-hydrogen) atoms. The van der Waals surface area contributed by atoms with Crippen LogP contribution < -0.4 is 0 Å². The number of halogens is 2. The minimum atomic E-state index is -0.826. The number of hydrogen-bond donors (Lipinski definition) is 0. The van der Waals surface area contributed by atoms with E-state index in [1.165, 1.54) is 38.5 Å². The van der Waals surface area contributed by atoms with Crippen molar-refractivity contribution in [1.29, 1.82) is 0 Å². The fourth-order valence-electron chi connectivity index (χ4n) is 6.79. The average molecular weight is 507 g/mol. The van der Waals surface area contributed by atoms with Crippen LogP contribution >= 0.6 is 17.0 Å². The summed E-state index contributed by atoms with van der Waals surface area (Å²) in [7, 11) is 9.87.